The second-order valence-corrected chi connectivity index (χ2v) is 4.91. The van der Waals surface area contributed by atoms with E-state index in [4.69, 9.17) is 33.4 Å². The van der Waals surface area contributed by atoms with Gasteiger partial charge in [0.25, 0.3) is 0 Å². The summed E-state index contributed by atoms with van der Waals surface area (Å²) in [6, 6.07) is 3.14. The molecule has 0 saturated carbocycles. The number of nitrogens with one attached hydrogen (secondary N) is 1. The van der Waals surface area contributed by atoms with Crippen LogP contribution in [0.5, 0.6) is 0 Å². The lowest BCUT2D eigenvalue weighted by Gasteiger charge is -2.10. The Morgan fingerprint density at radius 2 is 1.71 bits per heavy atom. The van der Waals surface area contributed by atoms with Crippen LogP contribution in [-0.2, 0) is 14.4 Å². The van der Waals surface area contributed by atoms with Crippen LogP contribution in [0, 0.1) is 0 Å². The van der Waals surface area contributed by atoms with Gasteiger partial charge in [-0.1, -0.05) is 23.2 Å². The predicted molar refractivity (Wildman–Crippen MR) is 77.3 cm³/mol. The molecular weight excluding hydrogens is 321 g/mol. The minimum absolute atomic E-state index is 0.386. The zero-order valence-electron chi connectivity index (χ0n) is 10.5. The van der Waals surface area contributed by atoms with Crippen molar-refractivity contribution in [1.82, 2.24) is 5.32 Å². The third kappa shape index (κ3) is 6.29. The van der Waals surface area contributed by atoms with Crippen LogP contribution in [0.1, 0.15) is 12.0 Å². The third-order valence-electron chi connectivity index (χ3n) is 2.31. The molecule has 0 radical (unpaired) electrons. The number of carboxylic acids is 2. The molecule has 0 spiro atoms. The summed E-state index contributed by atoms with van der Waals surface area (Å²) >= 11 is 11.6. The summed E-state index contributed by atoms with van der Waals surface area (Å²) in [5.74, 6) is -3.49. The quantitative estimate of drug-likeness (QED) is 0.692. The fourth-order valence-electron chi connectivity index (χ4n) is 1.44. The lowest BCUT2D eigenvalue weighted by molar-refractivity contribution is -0.146. The number of carbonyl (C=O) groups is 3. The van der Waals surface area contributed by atoms with Crippen molar-refractivity contribution in [3.63, 3.8) is 0 Å². The van der Waals surface area contributed by atoms with Gasteiger partial charge in [0.1, 0.15) is 6.04 Å². The van der Waals surface area contributed by atoms with Gasteiger partial charge >= 0.3 is 11.9 Å². The third-order valence-corrected chi connectivity index (χ3v) is 2.74. The molecule has 1 amide bonds. The van der Waals surface area contributed by atoms with Gasteiger partial charge in [-0.2, -0.15) is 0 Å². The van der Waals surface area contributed by atoms with Gasteiger partial charge in [0, 0.05) is 16.1 Å². The fourth-order valence-corrected chi connectivity index (χ4v) is 1.98. The molecule has 1 atom stereocenters. The average molecular weight is 332 g/mol. The first-order chi connectivity index (χ1) is 9.77. The predicted octanol–water partition coefficient (Wildman–Crippen LogP) is 2.05. The van der Waals surface area contributed by atoms with Crippen LogP contribution < -0.4 is 5.32 Å². The van der Waals surface area contributed by atoms with E-state index in [1.54, 1.807) is 12.1 Å². The van der Waals surface area contributed by atoms with Crippen molar-refractivity contribution in [3.05, 3.63) is 39.9 Å². The Morgan fingerprint density at radius 1 is 1.14 bits per heavy atom. The van der Waals surface area contributed by atoms with Crippen LogP contribution in [-0.4, -0.2) is 34.1 Å². The Bertz CT molecular complexity index is 580. The molecule has 112 valence electrons. The molecule has 0 unspecified atom stereocenters. The number of amides is 1. The Kier molecular flexibility index (Phi) is 6.20. The van der Waals surface area contributed by atoms with Gasteiger partial charge in [-0.25, -0.2) is 4.79 Å². The number of benzene rings is 1. The first-order valence-corrected chi connectivity index (χ1v) is 6.43. The summed E-state index contributed by atoms with van der Waals surface area (Å²) in [5.41, 5.74) is 0.549. The number of rotatable bonds is 6. The van der Waals surface area contributed by atoms with Gasteiger partial charge in [0.2, 0.25) is 5.91 Å². The van der Waals surface area contributed by atoms with Crippen molar-refractivity contribution in [3.8, 4) is 0 Å². The Hall–Kier alpha value is -2.05. The minimum atomic E-state index is -1.50. The molecule has 1 aromatic rings. The number of hydrogen-bond acceptors (Lipinski definition) is 3. The maximum absolute atomic E-state index is 11.6. The van der Waals surface area contributed by atoms with Gasteiger partial charge in [0.05, 0.1) is 6.42 Å². The number of aliphatic carboxylic acids is 2. The van der Waals surface area contributed by atoms with E-state index in [0.29, 0.717) is 15.6 Å². The summed E-state index contributed by atoms with van der Waals surface area (Å²) in [5, 5.41) is 20.2. The Balaban J connectivity index is 2.73. The van der Waals surface area contributed by atoms with Crippen LogP contribution in [0.15, 0.2) is 24.3 Å². The zero-order chi connectivity index (χ0) is 16.0. The summed E-state index contributed by atoms with van der Waals surface area (Å²) < 4.78 is 0. The fraction of sp³-hybridized carbons (Fsp3) is 0.154. The normalized spacial score (nSPS) is 12.1. The Morgan fingerprint density at radius 3 is 2.19 bits per heavy atom. The lowest BCUT2D eigenvalue weighted by atomic mass is 10.2. The van der Waals surface area contributed by atoms with Crippen molar-refractivity contribution in [1.29, 1.82) is 0 Å². The summed E-state index contributed by atoms with van der Waals surface area (Å²) in [4.78, 5) is 32.8. The van der Waals surface area contributed by atoms with Crippen LogP contribution in [0.3, 0.4) is 0 Å². The van der Waals surface area contributed by atoms with E-state index >= 15 is 0 Å². The molecule has 0 aliphatic carbocycles. The number of carboxylic acid groups (broad SMARTS) is 2. The van der Waals surface area contributed by atoms with Gasteiger partial charge in [0.15, 0.2) is 0 Å². The number of carbonyl (C=O) groups excluding carboxylic acids is 1. The SMILES string of the molecule is O=C(O)C[C@@H](NC(=O)/C=C/c1cc(Cl)cc(Cl)c1)C(=O)O. The van der Waals surface area contributed by atoms with E-state index < -0.39 is 30.3 Å². The summed E-state index contributed by atoms with van der Waals surface area (Å²) in [7, 11) is 0. The maximum atomic E-state index is 11.6. The molecule has 0 aliphatic rings. The zero-order valence-corrected chi connectivity index (χ0v) is 12.1. The molecule has 8 heteroatoms. The largest absolute Gasteiger partial charge is 0.481 e. The van der Waals surface area contributed by atoms with E-state index in [-0.39, 0.29) is 0 Å². The van der Waals surface area contributed by atoms with E-state index in [1.807, 2.05) is 0 Å². The molecule has 0 aromatic heterocycles. The van der Waals surface area contributed by atoms with Crippen LogP contribution >= 0.6 is 23.2 Å². The molecule has 0 heterocycles. The highest BCUT2D eigenvalue weighted by Gasteiger charge is 2.21. The molecule has 21 heavy (non-hydrogen) atoms. The highest BCUT2D eigenvalue weighted by atomic mass is 35.5. The van der Waals surface area contributed by atoms with Crippen molar-refractivity contribution in [2.24, 2.45) is 0 Å². The van der Waals surface area contributed by atoms with Gasteiger partial charge < -0.3 is 15.5 Å². The average Bonchev–Trinajstić information content (AvgIpc) is 2.33. The second kappa shape index (κ2) is 7.66. The maximum Gasteiger partial charge on any atom is 0.326 e. The monoisotopic (exact) mass is 331 g/mol. The second-order valence-electron chi connectivity index (χ2n) is 4.03. The minimum Gasteiger partial charge on any atom is -0.481 e. The molecule has 0 aliphatic heterocycles. The Labute approximate surface area is 130 Å². The smallest absolute Gasteiger partial charge is 0.326 e. The van der Waals surface area contributed by atoms with Crippen molar-refractivity contribution < 1.29 is 24.6 Å². The standard InChI is InChI=1S/C13H11Cl2NO5/c14-8-3-7(4-9(15)5-8)1-2-11(17)16-10(13(20)21)6-12(18)19/h1-5,10H,6H2,(H,16,17)(H,18,19)(H,20,21)/b2-1+/t10-/m1/s1. The molecule has 0 saturated heterocycles. The number of hydrogen-bond donors (Lipinski definition) is 3. The van der Waals surface area contributed by atoms with Gasteiger partial charge in [-0.3, -0.25) is 9.59 Å². The van der Waals surface area contributed by atoms with Crippen LogP contribution in [0.2, 0.25) is 10.0 Å². The van der Waals surface area contributed by atoms with Crippen LogP contribution in [0.25, 0.3) is 6.08 Å². The van der Waals surface area contributed by atoms with E-state index in [0.717, 1.165) is 6.08 Å². The van der Waals surface area contributed by atoms with E-state index in [1.165, 1.54) is 12.1 Å². The lowest BCUT2D eigenvalue weighted by Crippen LogP contribution is -2.41. The molecule has 0 fully saturated rings. The highest BCUT2D eigenvalue weighted by molar-refractivity contribution is 6.34. The van der Waals surface area contributed by atoms with E-state index in [2.05, 4.69) is 5.32 Å². The number of halogens is 2. The van der Waals surface area contributed by atoms with Crippen molar-refractivity contribution in [2.75, 3.05) is 0 Å². The summed E-state index contributed by atoms with van der Waals surface area (Å²) in [6.45, 7) is 0. The topological polar surface area (TPSA) is 104 Å². The van der Waals surface area contributed by atoms with Crippen molar-refractivity contribution >= 4 is 47.1 Å². The van der Waals surface area contributed by atoms with Gasteiger partial charge in [-0.05, 0) is 29.8 Å². The van der Waals surface area contributed by atoms with Gasteiger partial charge in [-0.15, -0.1) is 0 Å². The van der Waals surface area contributed by atoms with E-state index in [9.17, 15) is 14.4 Å². The van der Waals surface area contributed by atoms with Crippen LogP contribution in [0.4, 0.5) is 0 Å². The van der Waals surface area contributed by atoms with Crippen molar-refractivity contribution in [2.45, 2.75) is 12.5 Å². The molecule has 6 nitrogen and oxygen atoms in total. The molecule has 1 rings (SSSR count). The molecule has 0 bridgehead atoms. The molecule has 3 N–H and O–H groups in total. The molecule has 1 aromatic carbocycles. The first kappa shape index (κ1) is 17.0. The first-order valence-electron chi connectivity index (χ1n) is 5.67. The summed E-state index contributed by atoms with van der Waals surface area (Å²) in [6.07, 6.45) is 1.74. The highest BCUT2D eigenvalue weighted by Crippen LogP contribution is 2.19. The molecular formula is C13H11Cl2NO5.